The summed E-state index contributed by atoms with van der Waals surface area (Å²) in [6, 6.07) is 5.26. The average molecular weight is 279 g/mol. The molecule has 0 aliphatic carbocycles. The van der Waals surface area contributed by atoms with Crippen molar-refractivity contribution < 1.29 is 17.4 Å². The summed E-state index contributed by atoms with van der Waals surface area (Å²) in [5, 5.41) is 3.03. The first kappa shape index (κ1) is 15.2. The topological polar surface area (TPSA) is 29.1 Å². The van der Waals surface area contributed by atoms with Crippen molar-refractivity contribution in [2.75, 3.05) is 18.6 Å². The molecular weight excluding hydrogens is 263 g/mol. The fraction of sp³-hybridized carbons (Fsp3) is 0.500. The molecule has 0 radical (unpaired) electrons. The molecule has 0 spiro atoms. The van der Waals surface area contributed by atoms with Gasteiger partial charge in [-0.25, -0.2) is 0 Å². The van der Waals surface area contributed by atoms with Gasteiger partial charge in [0.2, 0.25) is 0 Å². The Balaban J connectivity index is 2.41. The maximum atomic E-state index is 12.4. The van der Waals surface area contributed by atoms with Gasteiger partial charge in [0.1, 0.15) is 0 Å². The molecule has 1 aromatic rings. The SMILES string of the molecule is CS(=O)CCCNCc1cccc(C(F)(F)F)c1. The van der Waals surface area contributed by atoms with E-state index in [2.05, 4.69) is 5.32 Å². The van der Waals surface area contributed by atoms with Gasteiger partial charge < -0.3 is 5.32 Å². The van der Waals surface area contributed by atoms with Gasteiger partial charge in [0, 0.05) is 29.4 Å². The average Bonchev–Trinajstić information content (AvgIpc) is 2.27. The van der Waals surface area contributed by atoms with Gasteiger partial charge in [-0.15, -0.1) is 0 Å². The van der Waals surface area contributed by atoms with Crippen molar-refractivity contribution in [3.8, 4) is 0 Å². The number of hydrogen-bond acceptors (Lipinski definition) is 2. The first-order valence-electron chi connectivity index (χ1n) is 5.56. The van der Waals surface area contributed by atoms with E-state index in [0.29, 0.717) is 24.4 Å². The summed E-state index contributed by atoms with van der Waals surface area (Å²) in [5.74, 6) is 0.607. The summed E-state index contributed by atoms with van der Waals surface area (Å²) in [6.07, 6.45) is -1.91. The Kier molecular flexibility index (Phi) is 5.81. The van der Waals surface area contributed by atoms with E-state index in [1.54, 1.807) is 12.3 Å². The van der Waals surface area contributed by atoms with Crippen LogP contribution in [-0.4, -0.2) is 22.8 Å². The smallest absolute Gasteiger partial charge is 0.313 e. The van der Waals surface area contributed by atoms with E-state index in [1.807, 2.05) is 0 Å². The number of rotatable bonds is 6. The van der Waals surface area contributed by atoms with E-state index < -0.39 is 22.5 Å². The first-order valence-corrected chi connectivity index (χ1v) is 7.29. The molecule has 1 unspecified atom stereocenters. The van der Waals surface area contributed by atoms with Crippen molar-refractivity contribution in [3.05, 3.63) is 35.4 Å². The van der Waals surface area contributed by atoms with E-state index in [1.165, 1.54) is 6.07 Å². The standard InChI is InChI=1S/C12H16F3NOS/c1-18(17)7-3-6-16-9-10-4-2-5-11(8-10)12(13,14)15/h2,4-5,8,16H,3,6-7,9H2,1H3. The summed E-state index contributed by atoms with van der Waals surface area (Å²) in [6.45, 7) is 1.04. The monoisotopic (exact) mass is 279 g/mol. The second kappa shape index (κ2) is 6.89. The molecule has 0 aliphatic rings. The Hall–Kier alpha value is -0.880. The van der Waals surface area contributed by atoms with Crippen molar-refractivity contribution >= 4 is 10.8 Å². The van der Waals surface area contributed by atoms with Crippen LogP contribution >= 0.6 is 0 Å². The van der Waals surface area contributed by atoms with Crippen LogP contribution in [0.3, 0.4) is 0 Å². The van der Waals surface area contributed by atoms with Crippen molar-refractivity contribution in [1.82, 2.24) is 5.32 Å². The molecule has 1 atom stereocenters. The van der Waals surface area contributed by atoms with Crippen LogP contribution in [0.1, 0.15) is 17.5 Å². The third kappa shape index (κ3) is 5.64. The zero-order chi connectivity index (χ0) is 13.6. The van der Waals surface area contributed by atoms with Crippen LogP contribution in [0.5, 0.6) is 0 Å². The molecule has 0 saturated heterocycles. The predicted octanol–water partition coefficient (Wildman–Crippen LogP) is 2.56. The van der Waals surface area contributed by atoms with Gasteiger partial charge in [-0.3, -0.25) is 4.21 Å². The van der Waals surface area contributed by atoms with Gasteiger partial charge in [-0.2, -0.15) is 13.2 Å². The molecule has 18 heavy (non-hydrogen) atoms. The lowest BCUT2D eigenvalue weighted by molar-refractivity contribution is -0.137. The molecular formula is C12H16F3NOS. The quantitative estimate of drug-likeness (QED) is 0.811. The lowest BCUT2D eigenvalue weighted by Gasteiger charge is -2.09. The number of hydrogen-bond donors (Lipinski definition) is 1. The Morgan fingerprint density at radius 3 is 2.67 bits per heavy atom. The minimum Gasteiger partial charge on any atom is -0.313 e. The first-order chi connectivity index (χ1) is 8.39. The minimum atomic E-state index is -4.30. The Bertz CT molecular complexity index is 407. The van der Waals surface area contributed by atoms with Crippen molar-refractivity contribution in [2.45, 2.75) is 19.1 Å². The van der Waals surface area contributed by atoms with Crippen LogP contribution in [0.15, 0.2) is 24.3 Å². The number of benzene rings is 1. The van der Waals surface area contributed by atoms with Crippen LogP contribution in [-0.2, 0) is 23.5 Å². The van der Waals surface area contributed by atoms with Gasteiger partial charge in [0.15, 0.2) is 0 Å². The summed E-state index contributed by atoms with van der Waals surface area (Å²) >= 11 is 0. The van der Waals surface area contributed by atoms with E-state index in [4.69, 9.17) is 0 Å². The zero-order valence-corrected chi connectivity index (χ0v) is 10.9. The molecule has 2 nitrogen and oxygen atoms in total. The number of nitrogens with one attached hydrogen (secondary N) is 1. The van der Waals surface area contributed by atoms with Crippen molar-refractivity contribution in [2.24, 2.45) is 0 Å². The normalized spacial score (nSPS) is 13.6. The molecule has 0 saturated carbocycles. The second-order valence-electron chi connectivity index (χ2n) is 4.01. The van der Waals surface area contributed by atoms with Crippen LogP contribution in [0, 0.1) is 0 Å². The molecule has 1 N–H and O–H groups in total. The van der Waals surface area contributed by atoms with Crippen molar-refractivity contribution in [1.29, 1.82) is 0 Å². The van der Waals surface area contributed by atoms with E-state index >= 15 is 0 Å². The Morgan fingerprint density at radius 2 is 2.06 bits per heavy atom. The van der Waals surface area contributed by atoms with Crippen molar-refractivity contribution in [3.63, 3.8) is 0 Å². The van der Waals surface area contributed by atoms with Crippen LogP contribution in [0.2, 0.25) is 0 Å². The Labute approximate surface area is 107 Å². The van der Waals surface area contributed by atoms with E-state index in [9.17, 15) is 17.4 Å². The van der Waals surface area contributed by atoms with Gasteiger partial charge in [-0.05, 0) is 24.6 Å². The molecule has 0 aliphatic heterocycles. The molecule has 0 bridgehead atoms. The summed E-state index contributed by atoms with van der Waals surface area (Å²) < 4.78 is 48.1. The highest BCUT2D eigenvalue weighted by Crippen LogP contribution is 2.29. The lowest BCUT2D eigenvalue weighted by Crippen LogP contribution is -2.17. The minimum absolute atomic E-state index is 0.389. The summed E-state index contributed by atoms with van der Waals surface area (Å²) in [4.78, 5) is 0. The lowest BCUT2D eigenvalue weighted by atomic mass is 10.1. The third-order valence-corrected chi connectivity index (χ3v) is 3.23. The molecule has 102 valence electrons. The highest BCUT2D eigenvalue weighted by Gasteiger charge is 2.30. The fourth-order valence-electron chi connectivity index (χ4n) is 1.49. The second-order valence-corrected chi connectivity index (χ2v) is 5.56. The van der Waals surface area contributed by atoms with Gasteiger partial charge in [-0.1, -0.05) is 18.2 Å². The predicted molar refractivity (Wildman–Crippen MR) is 66.7 cm³/mol. The Morgan fingerprint density at radius 1 is 1.33 bits per heavy atom. The van der Waals surface area contributed by atoms with Gasteiger partial charge >= 0.3 is 6.18 Å². The largest absolute Gasteiger partial charge is 0.416 e. The van der Waals surface area contributed by atoms with Crippen LogP contribution < -0.4 is 5.32 Å². The maximum Gasteiger partial charge on any atom is 0.416 e. The molecule has 0 heterocycles. The van der Waals surface area contributed by atoms with Gasteiger partial charge in [0.05, 0.1) is 5.56 Å². The molecule has 0 fully saturated rings. The van der Waals surface area contributed by atoms with Crippen LogP contribution in [0.4, 0.5) is 13.2 Å². The number of halogens is 3. The molecule has 0 amide bonds. The summed E-state index contributed by atoms with van der Waals surface area (Å²) in [5.41, 5.74) is -0.0288. The molecule has 1 rings (SSSR count). The van der Waals surface area contributed by atoms with Crippen LogP contribution in [0.25, 0.3) is 0 Å². The number of alkyl halides is 3. The summed E-state index contributed by atoms with van der Waals surface area (Å²) in [7, 11) is -0.818. The molecule has 1 aromatic carbocycles. The molecule has 6 heteroatoms. The van der Waals surface area contributed by atoms with Gasteiger partial charge in [0.25, 0.3) is 0 Å². The fourth-order valence-corrected chi connectivity index (χ4v) is 2.04. The highest BCUT2D eigenvalue weighted by atomic mass is 32.2. The highest BCUT2D eigenvalue weighted by molar-refractivity contribution is 7.84. The van der Waals surface area contributed by atoms with E-state index in [0.717, 1.165) is 18.6 Å². The van der Waals surface area contributed by atoms with E-state index in [-0.39, 0.29) is 0 Å². The maximum absolute atomic E-state index is 12.4. The molecule has 0 aromatic heterocycles. The zero-order valence-electron chi connectivity index (χ0n) is 10.1. The third-order valence-electron chi connectivity index (χ3n) is 2.37.